The fourth-order valence-corrected chi connectivity index (χ4v) is 3.43. The molecule has 0 saturated heterocycles. The van der Waals surface area contributed by atoms with Crippen LogP contribution in [0.25, 0.3) is 0 Å². The number of carbonyl (C=O) groups excluding carboxylic acids is 2. The lowest BCUT2D eigenvalue weighted by molar-refractivity contribution is -0.141. The third-order valence-electron chi connectivity index (χ3n) is 4.54. The number of benzene rings is 2. The summed E-state index contributed by atoms with van der Waals surface area (Å²) >= 11 is 12.6. The van der Waals surface area contributed by atoms with E-state index in [0.29, 0.717) is 28.6 Å². The van der Waals surface area contributed by atoms with Crippen molar-refractivity contribution in [3.63, 3.8) is 0 Å². The zero-order valence-corrected chi connectivity index (χ0v) is 19.0. The van der Waals surface area contributed by atoms with Gasteiger partial charge in [0.1, 0.15) is 11.8 Å². The van der Waals surface area contributed by atoms with E-state index in [4.69, 9.17) is 27.9 Å². The van der Waals surface area contributed by atoms with Crippen LogP contribution in [-0.2, 0) is 16.1 Å². The molecule has 1 N–H and O–H groups in total. The maximum Gasteiger partial charge on any atom is 0.242 e. The third kappa shape index (κ3) is 7.22. The van der Waals surface area contributed by atoms with E-state index in [1.807, 2.05) is 44.2 Å². The monoisotopic (exact) mass is 450 g/mol. The van der Waals surface area contributed by atoms with E-state index in [0.717, 1.165) is 5.75 Å². The molecule has 2 rings (SSSR count). The van der Waals surface area contributed by atoms with Crippen molar-refractivity contribution in [2.75, 3.05) is 6.61 Å². The Morgan fingerprint density at radius 2 is 1.63 bits per heavy atom. The van der Waals surface area contributed by atoms with Gasteiger partial charge in [-0.3, -0.25) is 9.59 Å². The van der Waals surface area contributed by atoms with Crippen LogP contribution in [0.5, 0.6) is 5.75 Å². The number of hydrogen-bond donors (Lipinski definition) is 1. The van der Waals surface area contributed by atoms with E-state index in [-0.39, 0.29) is 30.8 Å². The molecule has 0 saturated carbocycles. The average Bonchev–Trinajstić information content (AvgIpc) is 2.70. The van der Waals surface area contributed by atoms with E-state index >= 15 is 0 Å². The summed E-state index contributed by atoms with van der Waals surface area (Å²) in [7, 11) is 0. The summed E-state index contributed by atoms with van der Waals surface area (Å²) in [4.78, 5) is 27.1. The molecule has 0 aliphatic rings. The van der Waals surface area contributed by atoms with E-state index in [1.165, 1.54) is 4.90 Å². The molecule has 2 amide bonds. The van der Waals surface area contributed by atoms with Crippen LogP contribution < -0.4 is 10.1 Å². The molecule has 0 radical (unpaired) electrons. The summed E-state index contributed by atoms with van der Waals surface area (Å²) in [5.41, 5.74) is 0.624. The minimum Gasteiger partial charge on any atom is -0.494 e. The molecule has 0 aliphatic heterocycles. The van der Waals surface area contributed by atoms with Crippen LogP contribution in [0.4, 0.5) is 0 Å². The summed E-state index contributed by atoms with van der Waals surface area (Å²) < 4.78 is 5.66. The topological polar surface area (TPSA) is 58.6 Å². The van der Waals surface area contributed by atoms with Gasteiger partial charge in [-0.1, -0.05) is 47.5 Å². The first-order valence-corrected chi connectivity index (χ1v) is 10.8. The molecule has 0 aromatic heterocycles. The number of nitrogens with zero attached hydrogens (tertiary/aromatic N) is 1. The average molecular weight is 451 g/mol. The van der Waals surface area contributed by atoms with Crippen molar-refractivity contribution in [1.29, 1.82) is 0 Å². The summed E-state index contributed by atoms with van der Waals surface area (Å²) in [6, 6.07) is 13.9. The number of para-hydroxylation sites is 1. The van der Waals surface area contributed by atoms with Gasteiger partial charge < -0.3 is 15.0 Å². The second kappa shape index (κ2) is 11.8. The maximum atomic E-state index is 13.0. The molecule has 2 aromatic rings. The number of rotatable bonds is 10. The highest BCUT2D eigenvalue weighted by molar-refractivity contribution is 6.36. The second-order valence-corrected chi connectivity index (χ2v) is 8.14. The van der Waals surface area contributed by atoms with Crippen LogP contribution in [0, 0.1) is 0 Å². The van der Waals surface area contributed by atoms with Crippen LogP contribution in [0.15, 0.2) is 48.5 Å². The first-order valence-electron chi connectivity index (χ1n) is 10.00. The lowest BCUT2D eigenvalue weighted by atomic mass is 10.1. The predicted molar refractivity (Wildman–Crippen MR) is 121 cm³/mol. The first kappa shape index (κ1) is 24.0. The Labute approximate surface area is 188 Å². The molecule has 0 bridgehead atoms. The van der Waals surface area contributed by atoms with Crippen molar-refractivity contribution >= 4 is 35.0 Å². The zero-order valence-electron chi connectivity index (χ0n) is 17.5. The molecular weight excluding hydrogens is 423 g/mol. The fourth-order valence-electron chi connectivity index (χ4n) is 2.92. The summed E-state index contributed by atoms with van der Waals surface area (Å²) in [5, 5.41) is 3.78. The number of nitrogens with one attached hydrogen (secondary N) is 1. The van der Waals surface area contributed by atoms with Crippen molar-refractivity contribution < 1.29 is 14.3 Å². The van der Waals surface area contributed by atoms with Gasteiger partial charge in [0, 0.05) is 34.6 Å². The van der Waals surface area contributed by atoms with Gasteiger partial charge in [0.05, 0.1) is 6.61 Å². The van der Waals surface area contributed by atoms with Crippen molar-refractivity contribution in [3.8, 4) is 5.75 Å². The summed E-state index contributed by atoms with van der Waals surface area (Å²) in [6.45, 7) is 6.03. The van der Waals surface area contributed by atoms with Crippen molar-refractivity contribution in [1.82, 2.24) is 10.2 Å². The Balaban J connectivity index is 2.07. The molecule has 2 aromatic carbocycles. The van der Waals surface area contributed by atoms with E-state index in [1.54, 1.807) is 25.1 Å². The molecule has 162 valence electrons. The van der Waals surface area contributed by atoms with Gasteiger partial charge in [-0.25, -0.2) is 0 Å². The molecule has 5 nitrogen and oxygen atoms in total. The Morgan fingerprint density at radius 1 is 1.00 bits per heavy atom. The van der Waals surface area contributed by atoms with Gasteiger partial charge in [-0.05, 0) is 51.5 Å². The molecule has 1 atom stereocenters. The van der Waals surface area contributed by atoms with Gasteiger partial charge in [0.2, 0.25) is 11.8 Å². The van der Waals surface area contributed by atoms with Gasteiger partial charge in [0.15, 0.2) is 0 Å². The van der Waals surface area contributed by atoms with Crippen LogP contribution in [-0.4, -0.2) is 35.4 Å². The smallest absolute Gasteiger partial charge is 0.242 e. The lowest BCUT2D eigenvalue weighted by Gasteiger charge is -2.30. The number of halogens is 2. The summed E-state index contributed by atoms with van der Waals surface area (Å²) in [6.07, 6.45) is 0.771. The summed E-state index contributed by atoms with van der Waals surface area (Å²) in [5.74, 6) is 0.380. The minimum absolute atomic E-state index is 0.0277. The van der Waals surface area contributed by atoms with Crippen LogP contribution in [0.2, 0.25) is 10.0 Å². The number of ether oxygens (including phenoxy) is 1. The molecule has 0 unspecified atom stereocenters. The molecule has 7 heteroatoms. The van der Waals surface area contributed by atoms with Gasteiger partial charge in [0.25, 0.3) is 0 Å². The second-order valence-electron chi connectivity index (χ2n) is 7.33. The van der Waals surface area contributed by atoms with Crippen LogP contribution in [0.3, 0.4) is 0 Å². The predicted octanol–water partition coefficient (Wildman–Crippen LogP) is 5.09. The highest BCUT2D eigenvalue weighted by Crippen LogP contribution is 2.27. The van der Waals surface area contributed by atoms with Gasteiger partial charge in [-0.2, -0.15) is 0 Å². The zero-order chi connectivity index (χ0) is 22.1. The first-order chi connectivity index (χ1) is 14.3. The molecule has 0 spiro atoms. The van der Waals surface area contributed by atoms with Gasteiger partial charge >= 0.3 is 0 Å². The van der Waals surface area contributed by atoms with Crippen molar-refractivity contribution in [2.45, 2.75) is 52.2 Å². The standard InChI is InChI=1S/C23H28Cl2N2O3/c1-16(2)26-23(29)17(3)27(15-19-20(24)11-7-12-21(19)25)22(28)13-8-14-30-18-9-5-4-6-10-18/h4-7,9-12,16-17H,8,13-15H2,1-3H3,(H,26,29)/t17-/m1/s1. The largest absolute Gasteiger partial charge is 0.494 e. The third-order valence-corrected chi connectivity index (χ3v) is 5.24. The molecule has 0 heterocycles. The van der Waals surface area contributed by atoms with E-state index in [2.05, 4.69) is 5.32 Å². The number of amides is 2. The highest BCUT2D eigenvalue weighted by Gasteiger charge is 2.27. The van der Waals surface area contributed by atoms with Crippen LogP contribution >= 0.6 is 23.2 Å². The Kier molecular flexibility index (Phi) is 9.47. The van der Waals surface area contributed by atoms with Crippen molar-refractivity contribution in [2.24, 2.45) is 0 Å². The number of carbonyl (C=O) groups is 2. The number of hydrogen-bond acceptors (Lipinski definition) is 3. The van der Waals surface area contributed by atoms with E-state index < -0.39 is 6.04 Å². The highest BCUT2D eigenvalue weighted by atomic mass is 35.5. The van der Waals surface area contributed by atoms with E-state index in [9.17, 15) is 9.59 Å². The van der Waals surface area contributed by atoms with Crippen LogP contribution in [0.1, 0.15) is 39.2 Å². The van der Waals surface area contributed by atoms with Gasteiger partial charge in [-0.15, -0.1) is 0 Å². The minimum atomic E-state index is -0.665. The SMILES string of the molecule is CC(C)NC(=O)[C@@H](C)N(Cc1c(Cl)cccc1Cl)C(=O)CCCOc1ccccc1. The molecule has 0 fully saturated rings. The maximum absolute atomic E-state index is 13.0. The molecule has 0 aliphatic carbocycles. The fraction of sp³-hybridized carbons (Fsp3) is 0.391. The Hall–Kier alpha value is -2.24. The Bertz CT molecular complexity index is 823. The lowest BCUT2D eigenvalue weighted by Crippen LogP contribution is -2.49. The molecular formula is C23H28Cl2N2O3. The quantitative estimate of drug-likeness (QED) is 0.512. The molecule has 30 heavy (non-hydrogen) atoms. The van der Waals surface area contributed by atoms with Crippen molar-refractivity contribution in [3.05, 3.63) is 64.1 Å². The Morgan fingerprint density at radius 3 is 2.23 bits per heavy atom. The normalized spacial score (nSPS) is 11.8.